The monoisotopic (exact) mass is 223 g/mol. The Morgan fingerprint density at radius 3 is 2.47 bits per heavy atom. The van der Waals surface area contributed by atoms with Crippen molar-refractivity contribution in [2.24, 2.45) is 0 Å². The number of hydrogen-bond donors (Lipinski definition) is 0. The van der Waals surface area contributed by atoms with Gasteiger partial charge in [-0.2, -0.15) is 5.26 Å². The zero-order valence-corrected chi connectivity index (χ0v) is 9.68. The minimum atomic E-state index is -0.579. The minimum Gasteiger partial charge on any atom is -0.295 e. The number of nitriles is 1. The number of ketones is 1. The van der Waals surface area contributed by atoms with E-state index in [2.05, 4.69) is 6.07 Å². The highest BCUT2D eigenvalue weighted by molar-refractivity contribution is 5.94. The standard InChI is InChI=1S/C15H13NO/c1-12(17)13-5-7-14(8-6-13)15(11-16)9-3-2-4-10-15/h2-9H,10H2,1H3. The van der Waals surface area contributed by atoms with Gasteiger partial charge in [0.2, 0.25) is 0 Å². The number of Topliss-reactive ketones (excluding diaryl/α,β-unsaturated/α-hetero) is 1. The maximum absolute atomic E-state index is 11.2. The van der Waals surface area contributed by atoms with Crippen molar-refractivity contribution in [1.82, 2.24) is 0 Å². The van der Waals surface area contributed by atoms with Gasteiger partial charge >= 0.3 is 0 Å². The van der Waals surface area contributed by atoms with Crippen LogP contribution in [0.5, 0.6) is 0 Å². The topological polar surface area (TPSA) is 40.9 Å². The van der Waals surface area contributed by atoms with Gasteiger partial charge in [0, 0.05) is 5.56 Å². The number of hydrogen-bond acceptors (Lipinski definition) is 2. The lowest BCUT2D eigenvalue weighted by molar-refractivity contribution is 0.101. The smallest absolute Gasteiger partial charge is 0.159 e. The summed E-state index contributed by atoms with van der Waals surface area (Å²) in [5.41, 5.74) is 1.03. The van der Waals surface area contributed by atoms with E-state index in [1.54, 1.807) is 12.1 Å². The van der Waals surface area contributed by atoms with Crippen molar-refractivity contribution in [3.8, 4) is 6.07 Å². The average Bonchev–Trinajstić information content (AvgIpc) is 2.39. The van der Waals surface area contributed by atoms with Crippen LogP contribution in [0, 0.1) is 11.3 Å². The van der Waals surface area contributed by atoms with Gasteiger partial charge in [-0.25, -0.2) is 0 Å². The number of carbonyl (C=O) groups is 1. The molecule has 0 bridgehead atoms. The molecular weight excluding hydrogens is 210 g/mol. The number of allylic oxidation sites excluding steroid dienone is 4. The Morgan fingerprint density at radius 1 is 1.29 bits per heavy atom. The van der Waals surface area contributed by atoms with Crippen LogP contribution in [0.25, 0.3) is 0 Å². The lowest BCUT2D eigenvalue weighted by atomic mass is 9.76. The summed E-state index contributed by atoms with van der Waals surface area (Å²) in [6, 6.07) is 9.65. The van der Waals surface area contributed by atoms with Gasteiger partial charge in [-0.05, 0) is 18.9 Å². The van der Waals surface area contributed by atoms with Crippen LogP contribution in [0.4, 0.5) is 0 Å². The van der Waals surface area contributed by atoms with Crippen molar-refractivity contribution >= 4 is 5.78 Å². The van der Waals surface area contributed by atoms with Crippen molar-refractivity contribution in [3.63, 3.8) is 0 Å². The molecule has 0 saturated heterocycles. The number of carbonyl (C=O) groups excluding carboxylic acids is 1. The van der Waals surface area contributed by atoms with Gasteiger partial charge in [-0.3, -0.25) is 4.79 Å². The van der Waals surface area contributed by atoms with E-state index in [1.165, 1.54) is 6.92 Å². The van der Waals surface area contributed by atoms with E-state index in [1.807, 2.05) is 36.4 Å². The molecule has 0 aliphatic heterocycles. The van der Waals surface area contributed by atoms with Gasteiger partial charge in [-0.15, -0.1) is 0 Å². The summed E-state index contributed by atoms with van der Waals surface area (Å²) in [5, 5.41) is 9.37. The van der Waals surface area contributed by atoms with Crippen molar-refractivity contribution in [2.75, 3.05) is 0 Å². The predicted octanol–water partition coefficient (Wildman–Crippen LogP) is 3.17. The Hall–Kier alpha value is -2.14. The Morgan fingerprint density at radius 2 is 2.00 bits per heavy atom. The highest BCUT2D eigenvalue weighted by Gasteiger charge is 2.29. The molecule has 0 fully saturated rings. The van der Waals surface area contributed by atoms with Crippen molar-refractivity contribution < 1.29 is 4.79 Å². The first kappa shape index (κ1) is 11.3. The average molecular weight is 223 g/mol. The summed E-state index contributed by atoms with van der Waals surface area (Å²) in [6.07, 6.45) is 8.42. The lowest BCUT2D eigenvalue weighted by Gasteiger charge is -2.23. The molecule has 1 aromatic rings. The SMILES string of the molecule is CC(=O)c1ccc(C2(C#N)C=CC=CC2)cc1. The molecule has 2 nitrogen and oxygen atoms in total. The fourth-order valence-electron chi connectivity index (χ4n) is 1.98. The third-order valence-electron chi connectivity index (χ3n) is 3.07. The van der Waals surface area contributed by atoms with Gasteiger partial charge in [0.15, 0.2) is 5.78 Å². The van der Waals surface area contributed by atoms with Gasteiger partial charge in [0.25, 0.3) is 0 Å². The number of benzene rings is 1. The van der Waals surface area contributed by atoms with Crippen LogP contribution in [-0.4, -0.2) is 5.78 Å². The first-order valence-corrected chi connectivity index (χ1v) is 5.55. The first-order valence-electron chi connectivity index (χ1n) is 5.55. The number of nitrogens with zero attached hydrogens (tertiary/aromatic N) is 1. The largest absolute Gasteiger partial charge is 0.295 e. The summed E-state index contributed by atoms with van der Waals surface area (Å²) in [4.78, 5) is 11.2. The second-order valence-corrected chi connectivity index (χ2v) is 4.21. The van der Waals surface area contributed by atoms with Gasteiger partial charge < -0.3 is 0 Å². The van der Waals surface area contributed by atoms with Crippen molar-refractivity contribution in [3.05, 3.63) is 59.7 Å². The Balaban J connectivity index is 2.40. The highest BCUT2D eigenvalue weighted by atomic mass is 16.1. The minimum absolute atomic E-state index is 0.0432. The second kappa shape index (κ2) is 4.39. The summed E-state index contributed by atoms with van der Waals surface area (Å²) in [5.74, 6) is 0.0432. The third kappa shape index (κ3) is 2.05. The molecule has 17 heavy (non-hydrogen) atoms. The van der Waals surface area contributed by atoms with Crippen LogP contribution in [0.15, 0.2) is 48.6 Å². The molecule has 0 aromatic heterocycles. The van der Waals surface area contributed by atoms with E-state index in [-0.39, 0.29) is 5.78 Å². The van der Waals surface area contributed by atoms with Gasteiger partial charge in [0.1, 0.15) is 5.41 Å². The Bertz CT molecular complexity index is 531. The van der Waals surface area contributed by atoms with E-state index in [9.17, 15) is 10.1 Å². The van der Waals surface area contributed by atoms with E-state index in [4.69, 9.17) is 0 Å². The predicted molar refractivity (Wildman–Crippen MR) is 66.6 cm³/mol. The fourth-order valence-corrected chi connectivity index (χ4v) is 1.98. The molecule has 84 valence electrons. The summed E-state index contributed by atoms with van der Waals surface area (Å²) in [7, 11) is 0. The third-order valence-corrected chi connectivity index (χ3v) is 3.07. The van der Waals surface area contributed by atoms with Crippen LogP contribution in [0.1, 0.15) is 29.3 Å². The van der Waals surface area contributed by atoms with Crippen molar-refractivity contribution in [1.29, 1.82) is 5.26 Å². The molecule has 1 unspecified atom stereocenters. The molecule has 0 amide bonds. The molecule has 1 aromatic carbocycles. The molecule has 2 heteroatoms. The van der Waals surface area contributed by atoms with Crippen molar-refractivity contribution in [2.45, 2.75) is 18.8 Å². The van der Waals surface area contributed by atoms with E-state index < -0.39 is 5.41 Å². The fraction of sp³-hybridized carbons (Fsp3) is 0.200. The zero-order valence-electron chi connectivity index (χ0n) is 9.68. The molecule has 0 spiro atoms. The Kier molecular flexibility index (Phi) is 2.93. The summed E-state index contributed by atoms with van der Waals surface area (Å²) in [6.45, 7) is 1.54. The van der Waals surface area contributed by atoms with Crippen LogP contribution >= 0.6 is 0 Å². The molecule has 1 aliphatic carbocycles. The zero-order chi connectivity index (χ0) is 12.3. The molecule has 1 atom stereocenters. The summed E-state index contributed by atoms with van der Waals surface area (Å²) < 4.78 is 0. The van der Waals surface area contributed by atoms with Crippen LogP contribution in [0.2, 0.25) is 0 Å². The maximum atomic E-state index is 11.2. The molecular formula is C15H13NO. The van der Waals surface area contributed by atoms with Gasteiger partial charge in [-0.1, -0.05) is 48.6 Å². The normalized spacial score (nSPS) is 22.1. The van der Waals surface area contributed by atoms with Crippen LogP contribution in [-0.2, 0) is 5.41 Å². The molecule has 0 saturated carbocycles. The van der Waals surface area contributed by atoms with Crippen LogP contribution < -0.4 is 0 Å². The van der Waals surface area contributed by atoms with E-state index in [0.29, 0.717) is 12.0 Å². The summed E-state index contributed by atoms with van der Waals surface area (Å²) >= 11 is 0. The van der Waals surface area contributed by atoms with E-state index >= 15 is 0 Å². The molecule has 1 aliphatic rings. The Labute approximate surface area is 101 Å². The molecule has 0 radical (unpaired) electrons. The molecule has 0 N–H and O–H groups in total. The van der Waals surface area contributed by atoms with Crippen LogP contribution in [0.3, 0.4) is 0 Å². The van der Waals surface area contributed by atoms with Gasteiger partial charge in [0.05, 0.1) is 6.07 Å². The van der Waals surface area contributed by atoms with E-state index in [0.717, 1.165) is 5.56 Å². The second-order valence-electron chi connectivity index (χ2n) is 4.21. The highest BCUT2D eigenvalue weighted by Crippen LogP contribution is 2.32. The maximum Gasteiger partial charge on any atom is 0.159 e. The number of rotatable bonds is 2. The molecule has 2 rings (SSSR count). The first-order chi connectivity index (χ1) is 8.18. The molecule has 0 heterocycles. The quantitative estimate of drug-likeness (QED) is 0.722. The lowest BCUT2D eigenvalue weighted by Crippen LogP contribution is -2.21.